The van der Waals surface area contributed by atoms with E-state index >= 15 is 0 Å². The molecule has 2 unspecified atom stereocenters. The lowest BCUT2D eigenvalue weighted by atomic mass is 10.0. The van der Waals surface area contributed by atoms with E-state index in [1.807, 2.05) is 0 Å². The van der Waals surface area contributed by atoms with E-state index in [4.69, 9.17) is 0 Å². The van der Waals surface area contributed by atoms with Crippen molar-refractivity contribution in [2.45, 2.75) is 66.0 Å². The van der Waals surface area contributed by atoms with Crippen molar-refractivity contribution in [1.82, 2.24) is 10.6 Å². The van der Waals surface area contributed by atoms with Gasteiger partial charge >= 0.3 is 0 Å². The van der Waals surface area contributed by atoms with Gasteiger partial charge in [-0.2, -0.15) is 0 Å². The Morgan fingerprint density at radius 1 is 1.19 bits per heavy atom. The molecule has 0 rings (SSSR count). The second-order valence-electron chi connectivity index (χ2n) is 4.95. The Bertz CT molecular complexity index is 192. The standard InChI is InChI=1S/C13H28N2O/c1-6-11(4)12(5)15-13(16)8-7-9-14-10(2)3/h10-12,14H,6-9H2,1-5H3,(H,15,16). The van der Waals surface area contributed by atoms with E-state index in [1.165, 1.54) is 0 Å². The van der Waals surface area contributed by atoms with Crippen LogP contribution in [0.1, 0.15) is 53.9 Å². The molecule has 3 nitrogen and oxygen atoms in total. The summed E-state index contributed by atoms with van der Waals surface area (Å²) in [5, 5.41) is 6.36. The minimum atomic E-state index is 0.179. The van der Waals surface area contributed by atoms with Crippen molar-refractivity contribution < 1.29 is 4.79 Å². The lowest BCUT2D eigenvalue weighted by Gasteiger charge is -2.19. The number of carbonyl (C=O) groups is 1. The molecule has 0 saturated carbocycles. The molecule has 2 N–H and O–H groups in total. The van der Waals surface area contributed by atoms with Crippen LogP contribution >= 0.6 is 0 Å². The van der Waals surface area contributed by atoms with Gasteiger partial charge in [-0.25, -0.2) is 0 Å². The van der Waals surface area contributed by atoms with E-state index < -0.39 is 0 Å². The van der Waals surface area contributed by atoms with E-state index in [0.29, 0.717) is 18.4 Å². The molecule has 0 aromatic carbocycles. The number of rotatable bonds is 8. The monoisotopic (exact) mass is 228 g/mol. The largest absolute Gasteiger partial charge is 0.353 e. The van der Waals surface area contributed by atoms with E-state index in [1.54, 1.807) is 0 Å². The highest BCUT2D eigenvalue weighted by molar-refractivity contribution is 5.76. The average molecular weight is 228 g/mol. The number of carbonyl (C=O) groups excluding carboxylic acids is 1. The van der Waals surface area contributed by atoms with Gasteiger partial charge < -0.3 is 10.6 Å². The molecule has 0 aromatic heterocycles. The lowest BCUT2D eigenvalue weighted by molar-refractivity contribution is -0.122. The van der Waals surface area contributed by atoms with Crippen molar-refractivity contribution in [2.24, 2.45) is 5.92 Å². The number of amides is 1. The van der Waals surface area contributed by atoms with Crippen LogP contribution in [-0.4, -0.2) is 24.5 Å². The predicted molar refractivity (Wildman–Crippen MR) is 69.4 cm³/mol. The Balaban J connectivity index is 3.58. The average Bonchev–Trinajstić information content (AvgIpc) is 2.22. The highest BCUT2D eigenvalue weighted by Crippen LogP contribution is 2.06. The molecule has 0 saturated heterocycles. The summed E-state index contributed by atoms with van der Waals surface area (Å²) in [5.74, 6) is 0.732. The third kappa shape index (κ3) is 7.69. The maximum absolute atomic E-state index is 11.6. The Morgan fingerprint density at radius 2 is 1.81 bits per heavy atom. The van der Waals surface area contributed by atoms with Crippen LogP contribution in [0.15, 0.2) is 0 Å². The second kappa shape index (κ2) is 8.57. The smallest absolute Gasteiger partial charge is 0.220 e. The van der Waals surface area contributed by atoms with Crippen molar-refractivity contribution in [3.8, 4) is 0 Å². The fraction of sp³-hybridized carbons (Fsp3) is 0.923. The van der Waals surface area contributed by atoms with Gasteiger partial charge in [0.2, 0.25) is 5.91 Å². The van der Waals surface area contributed by atoms with Crippen LogP contribution in [0.2, 0.25) is 0 Å². The van der Waals surface area contributed by atoms with Gasteiger partial charge in [0.25, 0.3) is 0 Å². The molecule has 0 aliphatic rings. The first kappa shape index (κ1) is 15.4. The summed E-state index contributed by atoms with van der Waals surface area (Å²) in [6.45, 7) is 11.6. The molecular formula is C13H28N2O. The third-order valence-corrected chi connectivity index (χ3v) is 3.02. The Hall–Kier alpha value is -0.570. The summed E-state index contributed by atoms with van der Waals surface area (Å²) in [4.78, 5) is 11.6. The summed E-state index contributed by atoms with van der Waals surface area (Å²) in [7, 11) is 0. The maximum atomic E-state index is 11.6. The predicted octanol–water partition coefficient (Wildman–Crippen LogP) is 2.32. The highest BCUT2D eigenvalue weighted by Gasteiger charge is 2.12. The molecule has 0 aliphatic carbocycles. The summed E-state index contributed by atoms with van der Waals surface area (Å²) in [6.07, 6.45) is 2.65. The van der Waals surface area contributed by atoms with Crippen molar-refractivity contribution in [2.75, 3.05) is 6.54 Å². The summed E-state index contributed by atoms with van der Waals surface area (Å²) in [6, 6.07) is 0.789. The third-order valence-electron chi connectivity index (χ3n) is 3.02. The van der Waals surface area contributed by atoms with Crippen LogP contribution in [0.5, 0.6) is 0 Å². The first-order chi connectivity index (χ1) is 7.47. The van der Waals surface area contributed by atoms with Crippen LogP contribution in [0, 0.1) is 5.92 Å². The van der Waals surface area contributed by atoms with E-state index in [9.17, 15) is 4.79 Å². The van der Waals surface area contributed by atoms with Gasteiger partial charge in [0, 0.05) is 18.5 Å². The normalized spacial score (nSPS) is 14.9. The van der Waals surface area contributed by atoms with Crippen LogP contribution in [0.25, 0.3) is 0 Å². The minimum absolute atomic E-state index is 0.179. The molecular weight excluding hydrogens is 200 g/mol. The maximum Gasteiger partial charge on any atom is 0.220 e. The van der Waals surface area contributed by atoms with Crippen molar-refractivity contribution in [3.63, 3.8) is 0 Å². The van der Waals surface area contributed by atoms with Crippen LogP contribution in [0.4, 0.5) is 0 Å². The van der Waals surface area contributed by atoms with Crippen LogP contribution < -0.4 is 10.6 Å². The molecule has 0 radical (unpaired) electrons. The van der Waals surface area contributed by atoms with Crippen molar-refractivity contribution in [3.05, 3.63) is 0 Å². The second-order valence-corrected chi connectivity index (χ2v) is 4.95. The zero-order valence-electron chi connectivity index (χ0n) is 11.5. The van der Waals surface area contributed by atoms with Gasteiger partial charge in [-0.15, -0.1) is 0 Å². The summed E-state index contributed by atoms with van der Waals surface area (Å²) >= 11 is 0. The summed E-state index contributed by atoms with van der Waals surface area (Å²) in [5.41, 5.74) is 0. The SMILES string of the molecule is CCC(C)C(C)NC(=O)CCCNC(C)C. The molecule has 0 fully saturated rings. The zero-order chi connectivity index (χ0) is 12.6. The highest BCUT2D eigenvalue weighted by atomic mass is 16.1. The lowest BCUT2D eigenvalue weighted by Crippen LogP contribution is -2.37. The van der Waals surface area contributed by atoms with E-state index in [0.717, 1.165) is 19.4 Å². The summed E-state index contributed by atoms with van der Waals surface area (Å²) < 4.78 is 0. The van der Waals surface area contributed by atoms with Gasteiger partial charge in [-0.3, -0.25) is 4.79 Å². The topological polar surface area (TPSA) is 41.1 Å². The van der Waals surface area contributed by atoms with Crippen molar-refractivity contribution in [1.29, 1.82) is 0 Å². The quantitative estimate of drug-likeness (QED) is 0.626. The Morgan fingerprint density at radius 3 is 2.31 bits per heavy atom. The number of hydrogen-bond donors (Lipinski definition) is 2. The van der Waals surface area contributed by atoms with Gasteiger partial charge in [0.15, 0.2) is 0 Å². The Labute approximate surface area is 100 Å². The van der Waals surface area contributed by atoms with Gasteiger partial charge in [-0.1, -0.05) is 34.1 Å². The minimum Gasteiger partial charge on any atom is -0.353 e. The molecule has 0 aromatic rings. The van der Waals surface area contributed by atoms with Gasteiger partial charge in [-0.05, 0) is 25.8 Å². The molecule has 16 heavy (non-hydrogen) atoms. The fourth-order valence-corrected chi connectivity index (χ4v) is 1.46. The molecule has 0 heterocycles. The zero-order valence-corrected chi connectivity index (χ0v) is 11.5. The molecule has 0 spiro atoms. The van der Waals surface area contributed by atoms with E-state index in [-0.39, 0.29) is 11.9 Å². The molecule has 2 atom stereocenters. The van der Waals surface area contributed by atoms with Crippen molar-refractivity contribution >= 4 is 5.91 Å². The number of hydrogen-bond acceptors (Lipinski definition) is 2. The van der Waals surface area contributed by atoms with Gasteiger partial charge in [0.1, 0.15) is 0 Å². The number of nitrogens with one attached hydrogen (secondary N) is 2. The Kier molecular flexibility index (Phi) is 8.26. The molecule has 1 amide bonds. The first-order valence-electron chi connectivity index (χ1n) is 6.50. The van der Waals surface area contributed by atoms with Crippen LogP contribution in [0.3, 0.4) is 0 Å². The molecule has 0 aliphatic heterocycles. The fourth-order valence-electron chi connectivity index (χ4n) is 1.46. The molecule has 0 bridgehead atoms. The first-order valence-corrected chi connectivity index (χ1v) is 6.50. The molecule has 96 valence electrons. The van der Waals surface area contributed by atoms with Crippen LogP contribution in [-0.2, 0) is 4.79 Å². The molecule has 3 heteroatoms. The van der Waals surface area contributed by atoms with Gasteiger partial charge in [0.05, 0.1) is 0 Å². The van der Waals surface area contributed by atoms with E-state index in [2.05, 4.69) is 45.3 Å².